The molecule has 0 saturated carbocycles. The highest BCUT2D eigenvalue weighted by Crippen LogP contribution is 2.05. The largest absolute Gasteiger partial charge is 0.450 e. The fraction of sp³-hybridized carbons (Fsp3) is 0.667. The normalized spacial score (nSPS) is 12.8. The Balaban J connectivity index is 4.02. The predicted molar refractivity (Wildman–Crippen MR) is 45.3 cm³/mol. The first kappa shape index (κ1) is 11.0. The quantitative estimate of drug-likeness (QED) is 0.331. The first-order chi connectivity index (χ1) is 5.31. The molecule has 0 rings (SSSR count). The maximum atomic E-state index is 10.9. The molecule has 12 heavy (non-hydrogen) atoms. The van der Waals surface area contributed by atoms with E-state index in [1.165, 1.54) is 6.92 Å². The molecule has 0 bridgehead atoms. The molecule has 0 heterocycles. The van der Waals surface area contributed by atoms with E-state index in [0.29, 0.717) is 0 Å². The second-order valence-corrected chi connectivity index (χ2v) is 3.45. The van der Waals surface area contributed by atoms with Gasteiger partial charge in [0.2, 0.25) is 0 Å². The van der Waals surface area contributed by atoms with Gasteiger partial charge in [0, 0.05) is 5.92 Å². The smallest absolute Gasteiger partial charge is 0.384 e. The number of hydrogen-bond acceptors (Lipinski definition) is 3. The zero-order valence-electron chi connectivity index (χ0n) is 7.84. The first-order valence-electron chi connectivity index (χ1n) is 3.74. The molecule has 0 aliphatic rings. The van der Waals surface area contributed by atoms with E-state index in [0.717, 1.165) is 0 Å². The van der Waals surface area contributed by atoms with Gasteiger partial charge in [-0.3, -0.25) is 0 Å². The van der Waals surface area contributed by atoms with Crippen LogP contribution in [-0.2, 0) is 9.53 Å². The third kappa shape index (κ3) is 7.10. The predicted octanol–water partition coefficient (Wildman–Crippen LogP) is 0.712. The summed E-state index contributed by atoms with van der Waals surface area (Å²) >= 11 is 0. The molecule has 1 N–H and O–H groups in total. The molecule has 3 heteroatoms. The van der Waals surface area contributed by atoms with E-state index in [9.17, 15) is 4.79 Å². The Labute approximate surface area is 72.7 Å². The molecule has 0 fully saturated rings. The number of ether oxygens (including phenoxy) is 1. The Hall–Kier alpha value is -1.01. The maximum Gasteiger partial charge on any atom is 0.384 e. The SMILES string of the molecule is CC(O)C#CC(=O)OC(C)(C)C. The molecule has 1 unspecified atom stereocenters. The third-order valence-corrected chi connectivity index (χ3v) is 0.782. The Kier molecular flexibility index (Phi) is 3.78. The van der Waals surface area contributed by atoms with Crippen LogP contribution >= 0.6 is 0 Å². The lowest BCUT2D eigenvalue weighted by Crippen LogP contribution is -2.22. The van der Waals surface area contributed by atoms with Crippen LogP contribution in [0.5, 0.6) is 0 Å². The summed E-state index contributed by atoms with van der Waals surface area (Å²) in [6, 6.07) is 0. The molecule has 0 aliphatic carbocycles. The minimum Gasteiger partial charge on any atom is -0.450 e. The molecule has 0 radical (unpaired) electrons. The zero-order valence-corrected chi connectivity index (χ0v) is 7.84. The van der Waals surface area contributed by atoms with E-state index >= 15 is 0 Å². The highest BCUT2D eigenvalue weighted by atomic mass is 16.6. The highest BCUT2D eigenvalue weighted by Gasteiger charge is 2.14. The summed E-state index contributed by atoms with van der Waals surface area (Å²) in [4.78, 5) is 10.9. The van der Waals surface area contributed by atoms with Crippen molar-refractivity contribution < 1.29 is 14.6 Å². The van der Waals surface area contributed by atoms with Crippen molar-refractivity contribution in [2.75, 3.05) is 0 Å². The lowest BCUT2D eigenvalue weighted by atomic mass is 10.2. The lowest BCUT2D eigenvalue weighted by molar-refractivity contribution is -0.147. The summed E-state index contributed by atoms with van der Waals surface area (Å²) in [5, 5.41) is 8.72. The lowest BCUT2D eigenvalue weighted by Gasteiger charge is -2.16. The number of carbonyl (C=O) groups excluding carboxylic acids is 1. The minimum absolute atomic E-state index is 0.523. The topological polar surface area (TPSA) is 46.5 Å². The van der Waals surface area contributed by atoms with Gasteiger partial charge in [-0.25, -0.2) is 4.79 Å². The van der Waals surface area contributed by atoms with Crippen LogP contribution in [0.15, 0.2) is 0 Å². The second kappa shape index (κ2) is 4.13. The molecule has 0 saturated heterocycles. The van der Waals surface area contributed by atoms with Gasteiger partial charge in [0.05, 0.1) is 0 Å². The van der Waals surface area contributed by atoms with Crippen LogP contribution in [0.2, 0.25) is 0 Å². The molecule has 0 aromatic carbocycles. The van der Waals surface area contributed by atoms with E-state index in [-0.39, 0.29) is 0 Å². The van der Waals surface area contributed by atoms with Crippen LogP contribution in [0.4, 0.5) is 0 Å². The molecule has 0 aliphatic heterocycles. The molecule has 3 nitrogen and oxygen atoms in total. The average molecular weight is 170 g/mol. The van der Waals surface area contributed by atoms with Gasteiger partial charge in [-0.2, -0.15) is 0 Å². The number of aliphatic hydroxyl groups excluding tert-OH is 1. The molecule has 0 aromatic heterocycles. The summed E-state index contributed by atoms with van der Waals surface area (Å²) in [6.07, 6.45) is -0.794. The Morgan fingerprint density at radius 1 is 1.50 bits per heavy atom. The van der Waals surface area contributed by atoms with Crippen LogP contribution in [0, 0.1) is 11.8 Å². The van der Waals surface area contributed by atoms with Crippen molar-refractivity contribution in [3.63, 3.8) is 0 Å². The van der Waals surface area contributed by atoms with Crippen molar-refractivity contribution in [1.82, 2.24) is 0 Å². The molecule has 1 atom stereocenters. The summed E-state index contributed by atoms with van der Waals surface area (Å²) < 4.78 is 4.86. The van der Waals surface area contributed by atoms with E-state index < -0.39 is 17.7 Å². The molecule has 0 aromatic rings. The van der Waals surface area contributed by atoms with Crippen LogP contribution in [0.25, 0.3) is 0 Å². The van der Waals surface area contributed by atoms with Crippen molar-refractivity contribution in [3.8, 4) is 11.8 Å². The number of rotatable bonds is 0. The second-order valence-electron chi connectivity index (χ2n) is 3.45. The van der Waals surface area contributed by atoms with E-state index in [4.69, 9.17) is 9.84 Å². The van der Waals surface area contributed by atoms with Gasteiger partial charge in [0.1, 0.15) is 11.7 Å². The van der Waals surface area contributed by atoms with Gasteiger partial charge in [0.25, 0.3) is 0 Å². The third-order valence-electron chi connectivity index (χ3n) is 0.782. The van der Waals surface area contributed by atoms with Crippen LogP contribution in [0.1, 0.15) is 27.7 Å². The van der Waals surface area contributed by atoms with Crippen LogP contribution in [-0.4, -0.2) is 22.8 Å². The van der Waals surface area contributed by atoms with Crippen molar-refractivity contribution in [3.05, 3.63) is 0 Å². The minimum atomic E-state index is -0.794. The highest BCUT2D eigenvalue weighted by molar-refractivity contribution is 5.88. The average Bonchev–Trinajstić information content (AvgIpc) is 1.79. The van der Waals surface area contributed by atoms with Gasteiger partial charge in [-0.15, -0.1) is 0 Å². The van der Waals surface area contributed by atoms with Crippen LogP contribution < -0.4 is 0 Å². The van der Waals surface area contributed by atoms with Crippen molar-refractivity contribution >= 4 is 5.97 Å². The van der Waals surface area contributed by atoms with E-state index in [1.54, 1.807) is 20.8 Å². The van der Waals surface area contributed by atoms with Crippen molar-refractivity contribution in [2.24, 2.45) is 0 Å². The van der Waals surface area contributed by atoms with Crippen molar-refractivity contribution in [2.45, 2.75) is 39.4 Å². The fourth-order valence-electron chi connectivity index (χ4n) is 0.467. The molecule has 0 spiro atoms. The number of carbonyl (C=O) groups is 1. The molecular formula is C9H14O3. The van der Waals surface area contributed by atoms with Gasteiger partial charge in [-0.1, -0.05) is 5.92 Å². The van der Waals surface area contributed by atoms with Gasteiger partial charge in [-0.05, 0) is 27.7 Å². The summed E-state index contributed by atoms with van der Waals surface area (Å²) in [7, 11) is 0. The zero-order chi connectivity index (χ0) is 9.78. The summed E-state index contributed by atoms with van der Waals surface area (Å²) in [5.41, 5.74) is -0.523. The van der Waals surface area contributed by atoms with Gasteiger partial charge < -0.3 is 9.84 Å². The van der Waals surface area contributed by atoms with Gasteiger partial charge in [0.15, 0.2) is 0 Å². The Morgan fingerprint density at radius 2 is 2.00 bits per heavy atom. The number of hydrogen-bond donors (Lipinski definition) is 1. The summed E-state index contributed by atoms with van der Waals surface area (Å²) in [5.74, 6) is 3.87. The fourth-order valence-corrected chi connectivity index (χ4v) is 0.467. The maximum absolute atomic E-state index is 10.9. The Morgan fingerprint density at radius 3 is 2.33 bits per heavy atom. The number of esters is 1. The molecule has 68 valence electrons. The van der Waals surface area contributed by atoms with Crippen molar-refractivity contribution in [1.29, 1.82) is 0 Å². The summed E-state index contributed by atoms with van der Waals surface area (Å²) in [6.45, 7) is 6.76. The van der Waals surface area contributed by atoms with Crippen LogP contribution in [0.3, 0.4) is 0 Å². The first-order valence-corrected chi connectivity index (χ1v) is 3.74. The molecular weight excluding hydrogens is 156 g/mol. The Bertz CT molecular complexity index is 212. The standard InChI is InChI=1S/C9H14O3/c1-7(10)5-6-8(11)12-9(2,3)4/h7,10H,1-4H3. The van der Waals surface area contributed by atoms with Gasteiger partial charge >= 0.3 is 5.97 Å². The van der Waals surface area contributed by atoms with E-state index in [1.807, 2.05) is 0 Å². The van der Waals surface area contributed by atoms with E-state index in [2.05, 4.69) is 11.8 Å². The number of aliphatic hydroxyl groups is 1. The molecule has 0 amide bonds. The monoisotopic (exact) mass is 170 g/mol.